The van der Waals surface area contributed by atoms with Crippen molar-refractivity contribution < 1.29 is 9.84 Å². The SMILES string of the molecule is COc1cc(/C=C(/C#N)c2nc(-c3ccc(Cl)cc3)cs2)cc(Cl)c1O. The summed E-state index contributed by atoms with van der Waals surface area (Å²) < 4.78 is 5.09. The van der Waals surface area contributed by atoms with Gasteiger partial charge in [0.25, 0.3) is 0 Å². The Morgan fingerprint density at radius 2 is 2.00 bits per heavy atom. The van der Waals surface area contributed by atoms with Gasteiger partial charge in [0.1, 0.15) is 11.1 Å². The molecule has 3 aromatic rings. The molecule has 1 heterocycles. The molecule has 0 saturated heterocycles. The Morgan fingerprint density at radius 3 is 2.65 bits per heavy atom. The first kappa shape index (κ1) is 18.3. The summed E-state index contributed by atoms with van der Waals surface area (Å²) in [6.45, 7) is 0. The number of halogens is 2. The summed E-state index contributed by atoms with van der Waals surface area (Å²) in [5.41, 5.74) is 2.70. The second-order valence-corrected chi connectivity index (χ2v) is 6.97. The fraction of sp³-hybridized carbons (Fsp3) is 0.0526. The smallest absolute Gasteiger partial charge is 0.176 e. The van der Waals surface area contributed by atoms with Crippen molar-refractivity contribution in [2.45, 2.75) is 0 Å². The van der Waals surface area contributed by atoms with Crippen LogP contribution in [0.25, 0.3) is 22.9 Å². The maximum atomic E-state index is 9.82. The minimum Gasteiger partial charge on any atom is -0.503 e. The highest BCUT2D eigenvalue weighted by Gasteiger charge is 2.12. The molecular formula is C19H12Cl2N2O2S. The molecule has 0 aliphatic carbocycles. The van der Waals surface area contributed by atoms with E-state index in [9.17, 15) is 10.4 Å². The van der Waals surface area contributed by atoms with Gasteiger partial charge in [0.2, 0.25) is 0 Å². The van der Waals surface area contributed by atoms with Crippen LogP contribution in [0.3, 0.4) is 0 Å². The average Bonchev–Trinajstić information content (AvgIpc) is 3.13. The summed E-state index contributed by atoms with van der Waals surface area (Å²) in [6, 6.07) is 12.7. The molecule has 0 aliphatic heterocycles. The fourth-order valence-electron chi connectivity index (χ4n) is 2.29. The van der Waals surface area contributed by atoms with Crippen molar-refractivity contribution >= 4 is 46.2 Å². The molecule has 1 N–H and O–H groups in total. The van der Waals surface area contributed by atoms with Crippen LogP contribution in [0.15, 0.2) is 41.8 Å². The Labute approximate surface area is 164 Å². The number of thiazole rings is 1. The van der Waals surface area contributed by atoms with E-state index in [0.717, 1.165) is 11.3 Å². The van der Waals surface area contributed by atoms with Crippen molar-refractivity contribution in [3.8, 4) is 28.8 Å². The van der Waals surface area contributed by atoms with Gasteiger partial charge in [-0.2, -0.15) is 5.26 Å². The lowest BCUT2D eigenvalue weighted by atomic mass is 10.1. The third-order valence-corrected chi connectivity index (χ3v) is 4.99. The second-order valence-electron chi connectivity index (χ2n) is 5.27. The highest BCUT2D eigenvalue weighted by atomic mass is 35.5. The summed E-state index contributed by atoms with van der Waals surface area (Å²) in [5, 5.41) is 22.6. The predicted molar refractivity (Wildman–Crippen MR) is 106 cm³/mol. The van der Waals surface area contributed by atoms with E-state index >= 15 is 0 Å². The molecule has 26 heavy (non-hydrogen) atoms. The first-order valence-electron chi connectivity index (χ1n) is 7.42. The highest BCUT2D eigenvalue weighted by molar-refractivity contribution is 7.11. The van der Waals surface area contributed by atoms with Gasteiger partial charge in [-0.25, -0.2) is 4.98 Å². The van der Waals surface area contributed by atoms with Crippen molar-refractivity contribution in [2.24, 2.45) is 0 Å². The van der Waals surface area contributed by atoms with Crippen molar-refractivity contribution in [3.63, 3.8) is 0 Å². The Kier molecular flexibility index (Phi) is 5.48. The van der Waals surface area contributed by atoms with Crippen LogP contribution in [0.4, 0.5) is 0 Å². The third kappa shape index (κ3) is 3.83. The summed E-state index contributed by atoms with van der Waals surface area (Å²) in [6.07, 6.45) is 1.65. The molecule has 0 radical (unpaired) electrons. The number of methoxy groups -OCH3 is 1. The monoisotopic (exact) mass is 402 g/mol. The number of phenols is 1. The lowest BCUT2D eigenvalue weighted by molar-refractivity contribution is 0.373. The Hall–Kier alpha value is -2.52. The molecular weight excluding hydrogens is 391 g/mol. The first-order valence-corrected chi connectivity index (χ1v) is 9.05. The lowest BCUT2D eigenvalue weighted by Gasteiger charge is -2.06. The normalized spacial score (nSPS) is 11.2. The number of aromatic hydroxyl groups is 1. The van der Waals surface area contributed by atoms with Crippen LogP contribution >= 0.6 is 34.5 Å². The summed E-state index contributed by atoms with van der Waals surface area (Å²) in [4.78, 5) is 4.53. The third-order valence-electron chi connectivity index (χ3n) is 3.58. The molecule has 0 amide bonds. The number of rotatable bonds is 4. The van der Waals surface area contributed by atoms with Gasteiger partial charge >= 0.3 is 0 Å². The summed E-state index contributed by atoms with van der Waals surface area (Å²) in [5.74, 6) is 0.103. The number of phenolic OH excluding ortho intramolecular Hbond substituents is 1. The number of allylic oxidation sites excluding steroid dienone is 1. The largest absolute Gasteiger partial charge is 0.503 e. The Morgan fingerprint density at radius 1 is 1.27 bits per heavy atom. The molecule has 0 aliphatic rings. The van der Waals surface area contributed by atoms with E-state index in [1.807, 2.05) is 17.5 Å². The van der Waals surface area contributed by atoms with Gasteiger partial charge in [-0.3, -0.25) is 0 Å². The van der Waals surface area contributed by atoms with E-state index in [0.29, 0.717) is 21.2 Å². The molecule has 2 aromatic carbocycles. The van der Waals surface area contributed by atoms with Crippen molar-refractivity contribution in [1.82, 2.24) is 4.98 Å². The quantitative estimate of drug-likeness (QED) is 0.551. The van der Waals surface area contributed by atoms with E-state index in [1.54, 1.807) is 30.3 Å². The molecule has 0 fully saturated rings. The molecule has 7 heteroatoms. The lowest BCUT2D eigenvalue weighted by Crippen LogP contribution is -1.87. The number of ether oxygens (including phenoxy) is 1. The van der Waals surface area contributed by atoms with Gasteiger partial charge in [0.15, 0.2) is 11.5 Å². The predicted octanol–water partition coefficient (Wildman–Crippen LogP) is 5.90. The van der Waals surface area contributed by atoms with Gasteiger partial charge in [-0.1, -0.05) is 35.3 Å². The molecule has 0 saturated carbocycles. The molecule has 0 atom stereocenters. The highest BCUT2D eigenvalue weighted by Crippen LogP contribution is 2.36. The zero-order chi connectivity index (χ0) is 18.7. The standard InChI is InChI=1S/C19H12Cl2N2O2S/c1-25-17-8-11(7-15(21)18(17)24)6-13(9-22)19-23-16(10-26-19)12-2-4-14(20)5-3-12/h2-8,10,24H,1H3/b13-6-. The van der Waals surface area contributed by atoms with E-state index < -0.39 is 0 Å². The van der Waals surface area contributed by atoms with Crippen LogP contribution in [0.2, 0.25) is 10.0 Å². The van der Waals surface area contributed by atoms with E-state index in [4.69, 9.17) is 27.9 Å². The molecule has 3 rings (SSSR count). The van der Waals surface area contributed by atoms with Crippen molar-refractivity contribution in [1.29, 1.82) is 5.26 Å². The second kappa shape index (κ2) is 7.79. The van der Waals surface area contributed by atoms with E-state index in [1.165, 1.54) is 18.4 Å². The maximum absolute atomic E-state index is 9.82. The van der Waals surface area contributed by atoms with E-state index in [2.05, 4.69) is 11.1 Å². The molecule has 0 bridgehead atoms. The molecule has 130 valence electrons. The number of aromatic nitrogens is 1. The number of benzene rings is 2. The number of nitrogens with zero attached hydrogens (tertiary/aromatic N) is 2. The average molecular weight is 403 g/mol. The maximum Gasteiger partial charge on any atom is 0.176 e. The number of hydrogen-bond donors (Lipinski definition) is 1. The van der Waals surface area contributed by atoms with Crippen LogP contribution in [0, 0.1) is 11.3 Å². The van der Waals surface area contributed by atoms with Gasteiger partial charge in [0, 0.05) is 16.0 Å². The van der Waals surface area contributed by atoms with Crippen LogP contribution in [0.5, 0.6) is 11.5 Å². The van der Waals surface area contributed by atoms with Gasteiger partial charge in [0.05, 0.1) is 23.4 Å². The number of hydrogen-bond acceptors (Lipinski definition) is 5. The van der Waals surface area contributed by atoms with E-state index in [-0.39, 0.29) is 16.5 Å². The van der Waals surface area contributed by atoms with Gasteiger partial charge in [-0.15, -0.1) is 11.3 Å². The summed E-state index contributed by atoms with van der Waals surface area (Å²) >= 11 is 13.3. The first-order chi connectivity index (χ1) is 12.5. The van der Waals surface area contributed by atoms with Gasteiger partial charge < -0.3 is 9.84 Å². The topological polar surface area (TPSA) is 66.1 Å². The molecule has 0 unspecified atom stereocenters. The van der Waals surface area contributed by atoms with Crippen molar-refractivity contribution in [2.75, 3.05) is 7.11 Å². The van der Waals surface area contributed by atoms with Crippen LogP contribution in [-0.2, 0) is 0 Å². The zero-order valence-electron chi connectivity index (χ0n) is 13.5. The minimum absolute atomic E-state index is 0.135. The molecule has 4 nitrogen and oxygen atoms in total. The minimum atomic E-state index is -0.135. The Bertz CT molecular complexity index is 1020. The van der Waals surface area contributed by atoms with Gasteiger partial charge in [-0.05, 0) is 35.9 Å². The van der Waals surface area contributed by atoms with Crippen molar-refractivity contribution in [3.05, 3.63) is 62.4 Å². The van der Waals surface area contributed by atoms with Crippen LogP contribution < -0.4 is 4.74 Å². The molecule has 1 aromatic heterocycles. The fourth-order valence-corrected chi connectivity index (χ4v) is 3.43. The molecule has 0 spiro atoms. The van der Waals surface area contributed by atoms with Crippen LogP contribution in [0.1, 0.15) is 10.6 Å². The summed E-state index contributed by atoms with van der Waals surface area (Å²) in [7, 11) is 1.43. The van der Waals surface area contributed by atoms with Crippen LogP contribution in [-0.4, -0.2) is 17.2 Å². The zero-order valence-corrected chi connectivity index (χ0v) is 15.9. The Balaban J connectivity index is 1.97. The number of nitriles is 1.